The number of nitrogens with two attached hydrogens (primary N) is 1. The number of nitrogens with zero attached hydrogens (tertiary/aromatic N) is 1. The monoisotopic (exact) mass is 368 g/mol. The normalized spacial score (nSPS) is 11.5. The van der Waals surface area contributed by atoms with Crippen molar-refractivity contribution >= 4 is 28.4 Å². The summed E-state index contributed by atoms with van der Waals surface area (Å²) in [4.78, 5) is 28.6. The average molecular weight is 368 g/mol. The van der Waals surface area contributed by atoms with Crippen LogP contribution in [-0.2, 0) is 9.47 Å². The van der Waals surface area contributed by atoms with E-state index in [2.05, 4.69) is 4.98 Å². The number of carbonyl (C=O) groups excluding carboxylic acids is 2. The van der Waals surface area contributed by atoms with Crippen LogP contribution in [0.25, 0.3) is 0 Å². The van der Waals surface area contributed by atoms with E-state index in [0.29, 0.717) is 22.0 Å². The fourth-order valence-electron chi connectivity index (χ4n) is 2.21. The van der Waals surface area contributed by atoms with Crippen LogP contribution in [-0.4, -0.2) is 23.5 Å². The molecule has 1 atom stereocenters. The Bertz CT molecular complexity index is 881. The zero-order valence-electron chi connectivity index (χ0n) is 13.7. The van der Waals surface area contributed by atoms with E-state index in [1.54, 1.807) is 66.0 Å². The lowest BCUT2D eigenvalue weighted by atomic mass is 10.2. The van der Waals surface area contributed by atoms with E-state index in [9.17, 15) is 9.59 Å². The molecule has 3 aromatic rings. The fourth-order valence-corrected chi connectivity index (χ4v) is 2.81. The van der Waals surface area contributed by atoms with Crippen molar-refractivity contribution in [3.8, 4) is 0 Å². The molecule has 2 aromatic carbocycles. The summed E-state index contributed by atoms with van der Waals surface area (Å²) in [5.41, 5.74) is 6.92. The van der Waals surface area contributed by atoms with Crippen molar-refractivity contribution < 1.29 is 19.1 Å². The van der Waals surface area contributed by atoms with Crippen LogP contribution in [0, 0.1) is 0 Å². The van der Waals surface area contributed by atoms with Crippen LogP contribution >= 0.6 is 11.3 Å². The van der Waals surface area contributed by atoms with Gasteiger partial charge in [-0.05, 0) is 24.3 Å². The first-order valence-corrected chi connectivity index (χ1v) is 8.70. The number of nitrogen functional groups attached to an aromatic ring is 1. The van der Waals surface area contributed by atoms with E-state index in [1.165, 1.54) is 11.3 Å². The van der Waals surface area contributed by atoms with Gasteiger partial charge >= 0.3 is 11.9 Å². The van der Waals surface area contributed by atoms with Crippen molar-refractivity contribution in [2.75, 3.05) is 12.3 Å². The molecule has 1 heterocycles. The van der Waals surface area contributed by atoms with Gasteiger partial charge in [0.2, 0.25) is 0 Å². The Kier molecular flexibility index (Phi) is 5.60. The highest BCUT2D eigenvalue weighted by atomic mass is 32.1. The molecule has 0 spiro atoms. The summed E-state index contributed by atoms with van der Waals surface area (Å²) in [5, 5.41) is 2.02. The smallest absolute Gasteiger partial charge is 0.338 e. The first-order valence-electron chi connectivity index (χ1n) is 7.82. The highest BCUT2D eigenvalue weighted by Crippen LogP contribution is 2.23. The summed E-state index contributed by atoms with van der Waals surface area (Å²) >= 11 is 1.22. The van der Waals surface area contributed by atoms with Gasteiger partial charge in [0.25, 0.3) is 0 Å². The molecule has 0 aliphatic rings. The molecule has 0 aliphatic carbocycles. The maximum Gasteiger partial charge on any atom is 0.338 e. The number of anilines is 1. The maximum atomic E-state index is 12.3. The third-order valence-electron chi connectivity index (χ3n) is 3.50. The van der Waals surface area contributed by atoms with Crippen LogP contribution in [0.15, 0.2) is 66.0 Å². The van der Waals surface area contributed by atoms with Crippen molar-refractivity contribution in [3.63, 3.8) is 0 Å². The van der Waals surface area contributed by atoms with Gasteiger partial charge in [-0.1, -0.05) is 36.4 Å². The lowest BCUT2D eigenvalue weighted by molar-refractivity contribution is -0.00229. The molecule has 0 saturated carbocycles. The van der Waals surface area contributed by atoms with Gasteiger partial charge in [0.1, 0.15) is 6.61 Å². The Morgan fingerprint density at radius 3 is 2.08 bits per heavy atom. The number of thiazole rings is 1. The Labute approximate surface area is 154 Å². The molecule has 0 bridgehead atoms. The lowest BCUT2D eigenvalue weighted by Crippen LogP contribution is -2.19. The second-order valence-electron chi connectivity index (χ2n) is 5.34. The SMILES string of the molecule is Nc1nc([C@H](COC(=O)c2ccccc2)OC(=O)c2ccccc2)cs1. The first kappa shape index (κ1) is 17.6. The minimum atomic E-state index is -0.844. The van der Waals surface area contributed by atoms with E-state index in [4.69, 9.17) is 15.2 Å². The Hall–Kier alpha value is -3.19. The minimum Gasteiger partial charge on any atom is -0.458 e. The zero-order valence-corrected chi connectivity index (χ0v) is 14.5. The molecule has 132 valence electrons. The molecule has 7 heteroatoms. The molecule has 0 radical (unpaired) electrons. The fraction of sp³-hybridized carbons (Fsp3) is 0.105. The van der Waals surface area contributed by atoms with Crippen LogP contribution in [0.4, 0.5) is 5.13 Å². The predicted octanol–water partition coefficient (Wildman–Crippen LogP) is 3.48. The Morgan fingerprint density at radius 2 is 1.54 bits per heavy atom. The summed E-state index contributed by atoms with van der Waals surface area (Å²) in [7, 11) is 0. The van der Waals surface area contributed by atoms with Gasteiger partial charge in [0.15, 0.2) is 11.2 Å². The van der Waals surface area contributed by atoms with E-state index >= 15 is 0 Å². The van der Waals surface area contributed by atoms with Crippen molar-refractivity contribution in [2.24, 2.45) is 0 Å². The molecule has 0 fully saturated rings. The number of aromatic nitrogens is 1. The van der Waals surface area contributed by atoms with Gasteiger partial charge in [-0.2, -0.15) is 0 Å². The van der Waals surface area contributed by atoms with Gasteiger partial charge in [-0.3, -0.25) is 0 Å². The molecule has 1 aromatic heterocycles. The van der Waals surface area contributed by atoms with E-state index in [-0.39, 0.29) is 6.61 Å². The van der Waals surface area contributed by atoms with Crippen LogP contribution < -0.4 is 5.73 Å². The van der Waals surface area contributed by atoms with Crippen LogP contribution in [0.2, 0.25) is 0 Å². The topological polar surface area (TPSA) is 91.5 Å². The van der Waals surface area contributed by atoms with E-state index in [0.717, 1.165) is 0 Å². The quantitative estimate of drug-likeness (QED) is 0.670. The third kappa shape index (κ3) is 4.46. The van der Waals surface area contributed by atoms with Gasteiger partial charge in [0.05, 0.1) is 16.8 Å². The number of carbonyl (C=O) groups is 2. The molecule has 0 unspecified atom stereocenters. The summed E-state index contributed by atoms with van der Waals surface area (Å²) in [6.07, 6.45) is -0.844. The number of ether oxygens (including phenoxy) is 2. The highest BCUT2D eigenvalue weighted by Gasteiger charge is 2.23. The van der Waals surface area contributed by atoms with Gasteiger partial charge in [0, 0.05) is 5.38 Å². The predicted molar refractivity (Wildman–Crippen MR) is 97.8 cm³/mol. The summed E-state index contributed by atoms with van der Waals surface area (Å²) < 4.78 is 10.8. The van der Waals surface area contributed by atoms with Crippen LogP contribution in [0.3, 0.4) is 0 Å². The molecule has 0 amide bonds. The van der Waals surface area contributed by atoms with Gasteiger partial charge < -0.3 is 15.2 Å². The Balaban J connectivity index is 1.72. The van der Waals surface area contributed by atoms with Crippen molar-refractivity contribution in [1.29, 1.82) is 0 Å². The standard InChI is InChI=1S/C19H16N2O4S/c20-19-21-15(12-26-19)16(25-18(23)14-9-5-2-6-10-14)11-24-17(22)13-7-3-1-4-8-13/h1-10,12,16H,11H2,(H2,20,21)/t16-/m0/s1. The molecule has 2 N–H and O–H groups in total. The summed E-state index contributed by atoms with van der Waals surface area (Å²) in [6, 6.07) is 17.1. The number of hydrogen-bond donors (Lipinski definition) is 1. The summed E-state index contributed by atoms with van der Waals surface area (Å²) in [6.45, 7) is -0.157. The van der Waals surface area contributed by atoms with Crippen LogP contribution in [0.5, 0.6) is 0 Å². The zero-order chi connectivity index (χ0) is 18.4. The Morgan fingerprint density at radius 1 is 0.962 bits per heavy atom. The second-order valence-corrected chi connectivity index (χ2v) is 6.22. The van der Waals surface area contributed by atoms with Gasteiger partial charge in [-0.25, -0.2) is 14.6 Å². The molecule has 0 aliphatic heterocycles. The number of hydrogen-bond acceptors (Lipinski definition) is 7. The number of rotatable bonds is 6. The van der Waals surface area contributed by atoms with E-state index in [1.807, 2.05) is 0 Å². The van der Waals surface area contributed by atoms with Crippen molar-refractivity contribution in [1.82, 2.24) is 4.98 Å². The van der Waals surface area contributed by atoms with Crippen molar-refractivity contribution in [3.05, 3.63) is 82.9 Å². The largest absolute Gasteiger partial charge is 0.458 e. The van der Waals surface area contributed by atoms with E-state index < -0.39 is 18.0 Å². The highest BCUT2D eigenvalue weighted by molar-refractivity contribution is 7.13. The molecule has 3 rings (SSSR count). The van der Waals surface area contributed by atoms with Crippen LogP contribution in [0.1, 0.15) is 32.5 Å². The third-order valence-corrected chi connectivity index (χ3v) is 4.20. The van der Waals surface area contributed by atoms with Crippen molar-refractivity contribution in [2.45, 2.75) is 6.10 Å². The molecule has 0 saturated heterocycles. The molecular formula is C19H16N2O4S. The molecular weight excluding hydrogens is 352 g/mol. The summed E-state index contributed by atoms with van der Waals surface area (Å²) in [5.74, 6) is -1.03. The number of benzene rings is 2. The second kappa shape index (κ2) is 8.26. The van der Waals surface area contributed by atoms with Gasteiger partial charge in [-0.15, -0.1) is 11.3 Å². The minimum absolute atomic E-state index is 0.157. The lowest BCUT2D eigenvalue weighted by Gasteiger charge is -2.16. The molecule has 26 heavy (non-hydrogen) atoms. The number of esters is 2. The average Bonchev–Trinajstić information content (AvgIpc) is 3.12. The molecule has 6 nitrogen and oxygen atoms in total. The maximum absolute atomic E-state index is 12.3. The first-order chi connectivity index (χ1) is 12.6.